The van der Waals surface area contributed by atoms with Gasteiger partial charge in [-0.15, -0.1) is 0 Å². The highest BCUT2D eigenvalue weighted by atomic mass is 16.1. The predicted molar refractivity (Wildman–Crippen MR) is 62.5 cm³/mol. The van der Waals surface area contributed by atoms with Crippen LogP contribution in [-0.4, -0.2) is 5.78 Å². The molecule has 15 heavy (non-hydrogen) atoms. The van der Waals surface area contributed by atoms with E-state index in [1.807, 2.05) is 0 Å². The molecule has 0 aromatic carbocycles. The molecule has 0 heterocycles. The fraction of sp³-hybridized carbons (Fsp3) is 0.786. The number of rotatable bonds is 1. The molecule has 1 nitrogen and oxygen atoms in total. The number of ketones is 1. The maximum absolute atomic E-state index is 11.9. The molecule has 0 N–H and O–H groups in total. The minimum absolute atomic E-state index is 0.356. The molecule has 1 heteroatoms. The van der Waals surface area contributed by atoms with Crippen LogP contribution in [0.15, 0.2) is 11.6 Å². The van der Waals surface area contributed by atoms with Crippen LogP contribution in [0, 0.1) is 23.7 Å². The molecule has 0 spiro atoms. The van der Waals surface area contributed by atoms with Crippen molar-refractivity contribution in [3.8, 4) is 0 Å². The Morgan fingerprint density at radius 1 is 1.40 bits per heavy atom. The normalized spacial score (nSPS) is 36.4. The van der Waals surface area contributed by atoms with Gasteiger partial charge >= 0.3 is 0 Å². The molecule has 1 fully saturated rings. The standard InChI is InChI=1S/C14H22O/c1-9(2)11-6-7-14(15)12-5-4-10(3)8-13(11)12/h4,9,11-13H,5-8H2,1-3H3/t11-,12+,13+/m1/s1. The van der Waals surface area contributed by atoms with Crippen LogP contribution in [0.5, 0.6) is 0 Å². The van der Waals surface area contributed by atoms with Gasteiger partial charge in [0.15, 0.2) is 0 Å². The lowest BCUT2D eigenvalue weighted by atomic mass is 9.62. The summed E-state index contributed by atoms with van der Waals surface area (Å²) in [7, 11) is 0. The number of hydrogen-bond acceptors (Lipinski definition) is 1. The Morgan fingerprint density at radius 3 is 2.80 bits per heavy atom. The van der Waals surface area contributed by atoms with Gasteiger partial charge in [-0.2, -0.15) is 0 Å². The lowest BCUT2D eigenvalue weighted by molar-refractivity contribution is -0.129. The molecule has 0 aliphatic heterocycles. The average molecular weight is 206 g/mol. The highest BCUT2D eigenvalue weighted by Gasteiger charge is 2.40. The third kappa shape index (κ3) is 2.02. The van der Waals surface area contributed by atoms with Crippen LogP contribution in [0.3, 0.4) is 0 Å². The summed E-state index contributed by atoms with van der Waals surface area (Å²) < 4.78 is 0. The van der Waals surface area contributed by atoms with Crippen LogP contribution >= 0.6 is 0 Å². The Hall–Kier alpha value is -0.590. The van der Waals surface area contributed by atoms with E-state index in [9.17, 15) is 4.79 Å². The van der Waals surface area contributed by atoms with Crippen molar-refractivity contribution in [1.29, 1.82) is 0 Å². The van der Waals surface area contributed by atoms with Crippen LogP contribution < -0.4 is 0 Å². The van der Waals surface area contributed by atoms with Crippen LogP contribution in [0.4, 0.5) is 0 Å². The second-order valence-corrected chi connectivity index (χ2v) is 5.67. The number of carbonyl (C=O) groups is 1. The average Bonchev–Trinajstić information content (AvgIpc) is 2.17. The molecule has 3 atom stereocenters. The summed E-state index contributed by atoms with van der Waals surface area (Å²) in [5.41, 5.74) is 1.50. The largest absolute Gasteiger partial charge is 0.299 e. The van der Waals surface area contributed by atoms with E-state index in [4.69, 9.17) is 0 Å². The lowest BCUT2D eigenvalue weighted by Gasteiger charge is -2.41. The van der Waals surface area contributed by atoms with Crippen LogP contribution in [0.1, 0.15) is 46.5 Å². The number of allylic oxidation sites excluding steroid dienone is 2. The Bertz CT molecular complexity index is 288. The highest BCUT2D eigenvalue weighted by molar-refractivity contribution is 5.82. The molecule has 2 aliphatic rings. The van der Waals surface area contributed by atoms with Crippen molar-refractivity contribution in [2.45, 2.75) is 46.5 Å². The molecule has 1 saturated carbocycles. The fourth-order valence-corrected chi connectivity index (χ4v) is 3.46. The van der Waals surface area contributed by atoms with Gasteiger partial charge in [-0.1, -0.05) is 25.5 Å². The summed E-state index contributed by atoms with van der Waals surface area (Å²) in [5, 5.41) is 0. The Morgan fingerprint density at radius 2 is 2.13 bits per heavy atom. The van der Waals surface area contributed by atoms with Crippen LogP contribution in [0.2, 0.25) is 0 Å². The first-order valence-electron chi connectivity index (χ1n) is 6.28. The highest BCUT2D eigenvalue weighted by Crippen LogP contribution is 2.44. The minimum Gasteiger partial charge on any atom is -0.299 e. The van der Waals surface area contributed by atoms with Crippen molar-refractivity contribution in [2.75, 3.05) is 0 Å². The summed E-state index contributed by atoms with van der Waals surface area (Å²) in [5.74, 6) is 3.04. The molecule has 0 radical (unpaired) electrons. The smallest absolute Gasteiger partial charge is 0.136 e. The number of carbonyl (C=O) groups excluding carboxylic acids is 1. The second kappa shape index (κ2) is 4.11. The summed E-state index contributed by atoms with van der Waals surface area (Å²) in [6.45, 7) is 6.84. The molecule has 0 unspecified atom stereocenters. The summed E-state index contributed by atoms with van der Waals surface area (Å²) in [6, 6.07) is 0. The molecule has 84 valence electrons. The molecule has 0 saturated heterocycles. The summed E-state index contributed by atoms with van der Waals surface area (Å²) in [4.78, 5) is 11.9. The Labute approximate surface area is 92.9 Å². The van der Waals surface area contributed by atoms with Crippen molar-refractivity contribution in [1.82, 2.24) is 0 Å². The van der Waals surface area contributed by atoms with Crippen LogP contribution in [0.25, 0.3) is 0 Å². The van der Waals surface area contributed by atoms with Gasteiger partial charge in [0, 0.05) is 12.3 Å². The first-order chi connectivity index (χ1) is 7.09. The van der Waals surface area contributed by atoms with Crippen molar-refractivity contribution in [3.05, 3.63) is 11.6 Å². The first-order valence-corrected chi connectivity index (χ1v) is 6.28. The van der Waals surface area contributed by atoms with E-state index in [-0.39, 0.29) is 0 Å². The number of fused-ring (bicyclic) bond motifs is 1. The molecule has 0 amide bonds. The Balaban J connectivity index is 2.20. The quantitative estimate of drug-likeness (QED) is 0.599. The van der Waals surface area contributed by atoms with E-state index in [1.165, 1.54) is 12.0 Å². The van der Waals surface area contributed by atoms with Gasteiger partial charge in [0.1, 0.15) is 5.78 Å². The maximum Gasteiger partial charge on any atom is 0.136 e. The van der Waals surface area contributed by atoms with Crippen LogP contribution in [-0.2, 0) is 4.79 Å². The van der Waals surface area contributed by atoms with Gasteiger partial charge in [-0.25, -0.2) is 0 Å². The van der Waals surface area contributed by atoms with Gasteiger partial charge in [0.05, 0.1) is 0 Å². The fourth-order valence-electron chi connectivity index (χ4n) is 3.46. The monoisotopic (exact) mass is 206 g/mol. The van der Waals surface area contributed by atoms with E-state index < -0.39 is 0 Å². The second-order valence-electron chi connectivity index (χ2n) is 5.67. The zero-order valence-electron chi connectivity index (χ0n) is 10.1. The predicted octanol–water partition coefficient (Wildman–Crippen LogP) is 3.59. The SMILES string of the molecule is CC1=CC[C@@H]2C(=O)CC[C@H](C(C)C)[C@@H]2C1. The van der Waals surface area contributed by atoms with Gasteiger partial charge in [0.25, 0.3) is 0 Å². The third-order valence-electron chi connectivity index (χ3n) is 4.34. The van der Waals surface area contributed by atoms with Crippen molar-refractivity contribution in [3.63, 3.8) is 0 Å². The van der Waals surface area contributed by atoms with Gasteiger partial charge < -0.3 is 0 Å². The van der Waals surface area contributed by atoms with Gasteiger partial charge in [-0.3, -0.25) is 4.79 Å². The molecule has 0 aromatic rings. The minimum atomic E-state index is 0.356. The van der Waals surface area contributed by atoms with Crippen molar-refractivity contribution < 1.29 is 4.79 Å². The maximum atomic E-state index is 11.9. The van der Waals surface area contributed by atoms with Crippen molar-refractivity contribution in [2.24, 2.45) is 23.7 Å². The van der Waals surface area contributed by atoms with E-state index in [1.54, 1.807) is 0 Å². The zero-order chi connectivity index (χ0) is 11.0. The van der Waals surface area contributed by atoms with E-state index in [0.717, 1.165) is 31.1 Å². The zero-order valence-corrected chi connectivity index (χ0v) is 10.1. The molecular weight excluding hydrogens is 184 g/mol. The lowest BCUT2D eigenvalue weighted by Crippen LogP contribution is -2.38. The Kier molecular flexibility index (Phi) is 2.99. The molecule has 2 rings (SSSR count). The van der Waals surface area contributed by atoms with E-state index in [2.05, 4.69) is 26.8 Å². The summed E-state index contributed by atoms with van der Waals surface area (Å²) in [6.07, 6.45) is 6.42. The first kappa shape index (κ1) is 10.9. The topological polar surface area (TPSA) is 17.1 Å². The van der Waals surface area contributed by atoms with E-state index >= 15 is 0 Å². The molecule has 2 aliphatic carbocycles. The molecule has 0 aromatic heterocycles. The number of Topliss-reactive ketones (excluding diaryl/α,β-unsaturated/α-hetero) is 1. The molecular formula is C14H22O. The van der Waals surface area contributed by atoms with Crippen molar-refractivity contribution >= 4 is 5.78 Å². The summed E-state index contributed by atoms with van der Waals surface area (Å²) >= 11 is 0. The van der Waals surface area contributed by atoms with E-state index in [0.29, 0.717) is 17.6 Å². The van der Waals surface area contributed by atoms with Gasteiger partial charge in [0.2, 0.25) is 0 Å². The van der Waals surface area contributed by atoms with Gasteiger partial charge in [-0.05, 0) is 43.9 Å². The third-order valence-corrected chi connectivity index (χ3v) is 4.34. The number of hydrogen-bond donors (Lipinski definition) is 0. The molecule has 0 bridgehead atoms.